The minimum atomic E-state index is -5.89. The zero-order valence-corrected chi connectivity index (χ0v) is 15.3. The molecule has 1 nitrogen and oxygen atoms in total. The van der Waals surface area contributed by atoms with E-state index in [0.29, 0.717) is 18.6 Å². The van der Waals surface area contributed by atoms with Gasteiger partial charge in [-0.25, -0.2) is 13.2 Å². The second kappa shape index (κ2) is 9.00. The van der Waals surface area contributed by atoms with E-state index in [1.165, 1.54) is 12.1 Å². The number of unbranched alkanes of at least 4 members (excludes halogenated alkanes) is 2. The first kappa shape index (κ1) is 23.0. The van der Waals surface area contributed by atoms with Gasteiger partial charge in [-0.05, 0) is 42.2 Å². The van der Waals surface area contributed by atoms with Gasteiger partial charge in [-0.15, -0.1) is 0 Å². The molecule has 0 aliphatic carbocycles. The summed E-state index contributed by atoms with van der Waals surface area (Å²) in [7, 11) is 0. The number of alkyl halides is 6. The molecule has 0 heterocycles. The Morgan fingerprint density at radius 3 is 2.14 bits per heavy atom. The molecule has 2 aromatic rings. The Hall–Kier alpha value is -2.32. The number of halogens is 8. The molecule has 2 aromatic carbocycles. The molecule has 0 aromatic heterocycles. The molecule has 0 aliphatic heterocycles. The first-order chi connectivity index (χ1) is 13.5. The maximum atomic E-state index is 14.3. The van der Waals surface area contributed by atoms with E-state index < -0.39 is 35.8 Å². The lowest BCUT2D eigenvalue weighted by Gasteiger charge is -2.23. The van der Waals surface area contributed by atoms with Crippen molar-refractivity contribution in [2.75, 3.05) is 0 Å². The smallest absolute Gasteiger partial charge is 0.427 e. The fraction of sp³-hybridized carbons (Fsp3) is 0.400. The van der Waals surface area contributed by atoms with Crippen LogP contribution < -0.4 is 4.74 Å². The summed E-state index contributed by atoms with van der Waals surface area (Å²) in [5, 5.41) is 0. The Labute approximate surface area is 162 Å². The van der Waals surface area contributed by atoms with Crippen LogP contribution in [0.3, 0.4) is 0 Å². The van der Waals surface area contributed by atoms with Gasteiger partial charge in [-0.3, -0.25) is 0 Å². The van der Waals surface area contributed by atoms with E-state index in [2.05, 4.69) is 4.74 Å². The molecule has 1 atom stereocenters. The van der Waals surface area contributed by atoms with Crippen molar-refractivity contribution in [3.63, 3.8) is 0 Å². The highest BCUT2D eigenvalue weighted by Crippen LogP contribution is 2.38. The van der Waals surface area contributed by atoms with Gasteiger partial charge in [0.05, 0.1) is 0 Å². The van der Waals surface area contributed by atoms with E-state index in [0.717, 1.165) is 30.9 Å². The van der Waals surface area contributed by atoms with Crippen LogP contribution in [0.4, 0.5) is 35.1 Å². The molecule has 2 rings (SSSR count). The molecule has 160 valence electrons. The summed E-state index contributed by atoms with van der Waals surface area (Å²) in [6.45, 7) is 2.03. The number of hydrogen-bond donors (Lipinski definition) is 0. The summed E-state index contributed by atoms with van der Waals surface area (Å²) < 4.78 is 108. The first-order valence-corrected chi connectivity index (χ1v) is 8.81. The summed E-state index contributed by atoms with van der Waals surface area (Å²) in [5.74, 6) is -3.44. The molecule has 0 saturated carbocycles. The largest absolute Gasteiger partial charge is 0.439 e. The average molecular weight is 426 g/mol. The van der Waals surface area contributed by atoms with Gasteiger partial charge in [0.15, 0.2) is 11.6 Å². The minimum absolute atomic E-state index is 0.0277. The van der Waals surface area contributed by atoms with Gasteiger partial charge in [-0.2, -0.15) is 22.0 Å². The van der Waals surface area contributed by atoms with Crippen molar-refractivity contribution >= 4 is 0 Å². The number of aryl methyl sites for hydroxylation is 1. The Kier molecular flexibility index (Phi) is 7.13. The van der Waals surface area contributed by atoms with Crippen LogP contribution in [-0.2, 0) is 6.42 Å². The van der Waals surface area contributed by atoms with E-state index in [4.69, 9.17) is 0 Å². The molecule has 29 heavy (non-hydrogen) atoms. The average Bonchev–Trinajstić information content (AvgIpc) is 2.62. The Morgan fingerprint density at radius 2 is 1.59 bits per heavy atom. The van der Waals surface area contributed by atoms with Gasteiger partial charge < -0.3 is 4.74 Å². The highest BCUT2D eigenvalue weighted by molar-refractivity contribution is 5.65. The van der Waals surface area contributed by atoms with Crippen molar-refractivity contribution in [3.8, 4) is 16.9 Å². The van der Waals surface area contributed by atoms with E-state index in [9.17, 15) is 35.1 Å². The third kappa shape index (κ3) is 5.83. The van der Waals surface area contributed by atoms with Gasteiger partial charge in [0.25, 0.3) is 6.17 Å². The quantitative estimate of drug-likeness (QED) is 0.319. The molecular weight excluding hydrogens is 408 g/mol. The third-order valence-electron chi connectivity index (χ3n) is 4.17. The van der Waals surface area contributed by atoms with E-state index in [1.54, 1.807) is 6.07 Å². The molecule has 0 aliphatic rings. The molecule has 0 radical (unpaired) electrons. The number of hydrogen-bond acceptors (Lipinski definition) is 1. The van der Waals surface area contributed by atoms with E-state index in [1.807, 2.05) is 6.92 Å². The van der Waals surface area contributed by atoms with E-state index >= 15 is 0 Å². The van der Waals surface area contributed by atoms with Gasteiger partial charge >= 0.3 is 12.3 Å². The second-order valence-corrected chi connectivity index (χ2v) is 6.48. The van der Waals surface area contributed by atoms with Crippen LogP contribution in [0.1, 0.15) is 31.7 Å². The zero-order valence-electron chi connectivity index (χ0n) is 15.3. The summed E-state index contributed by atoms with van der Waals surface area (Å²) in [5.41, 5.74) is 0.671. The minimum Gasteiger partial charge on any atom is -0.427 e. The van der Waals surface area contributed by atoms with Crippen molar-refractivity contribution in [3.05, 3.63) is 53.6 Å². The molecule has 0 N–H and O–H groups in total. The Balaban J connectivity index is 2.21. The summed E-state index contributed by atoms with van der Waals surface area (Å²) >= 11 is 0. The number of ether oxygens (including phenoxy) is 1. The van der Waals surface area contributed by atoms with Crippen LogP contribution in [0, 0.1) is 11.6 Å². The maximum absolute atomic E-state index is 14.3. The summed E-state index contributed by atoms with van der Waals surface area (Å²) in [6.07, 6.45) is -12.3. The van der Waals surface area contributed by atoms with Crippen LogP contribution in [0.2, 0.25) is 0 Å². The predicted molar refractivity (Wildman–Crippen MR) is 91.5 cm³/mol. The molecule has 0 saturated heterocycles. The SMILES string of the molecule is CCCCCc1ccc(-c2ccc(OC(F)(F)C(F)C(F)(F)F)c(F)c2)c(F)c1. The van der Waals surface area contributed by atoms with Crippen molar-refractivity contribution < 1.29 is 39.9 Å². The Morgan fingerprint density at radius 1 is 0.897 bits per heavy atom. The van der Waals surface area contributed by atoms with Crippen molar-refractivity contribution in [2.45, 2.75) is 51.1 Å². The lowest BCUT2D eigenvalue weighted by Crippen LogP contribution is -2.45. The molecular formula is C20H18F8O. The van der Waals surface area contributed by atoms with Gasteiger partial charge in [0.1, 0.15) is 5.82 Å². The highest BCUT2D eigenvalue weighted by atomic mass is 19.4. The normalized spacial score (nSPS) is 13.4. The number of benzene rings is 2. The van der Waals surface area contributed by atoms with Crippen molar-refractivity contribution in [1.29, 1.82) is 0 Å². The van der Waals surface area contributed by atoms with Gasteiger partial charge in [0.2, 0.25) is 0 Å². The fourth-order valence-electron chi connectivity index (χ4n) is 2.67. The summed E-state index contributed by atoms with van der Waals surface area (Å²) in [4.78, 5) is 0. The highest BCUT2D eigenvalue weighted by Gasteiger charge is 2.59. The lowest BCUT2D eigenvalue weighted by molar-refractivity contribution is -0.305. The topological polar surface area (TPSA) is 9.23 Å². The van der Waals surface area contributed by atoms with Crippen LogP contribution in [0.5, 0.6) is 5.75 Å². The molecule has 0 bridgehead atoms. The molecule has 9 heteroatoms. The maximum Gasteiger partial charge on any atom is 0.439 e. The molecule has 0 amide bonds. The van der Waals surface area contributed by atoms with Crippen LogP contribution in [0.25, 0.3) is 11.1 Å². The van der Waals surface area contributed by atoms with Crippen molar-refractivity contribution in [2.24, 2.45) is 0 Å². The van der Waals surface area contributed by atoms with Crippen LogP contribution >= 0.6 is 0 Å². The van der Waals surface area contributed by atoms with E-state index in [-0.39, 0.29) is 11.1 Å². The lowest BCUT2D eigenvalue weighted by atomic mass is 10.0. The molecule has 1 unspecified atom stereocenters. The van der Waals surface area contributed by atoms with Crippen LogP contribution in [0.15, 0.2) is 36.4 Å². The predicted octanol–water partition coefficient (Wildman–Crippen LogP) is 7.24. The summed E-state index contributed by atoms with van der Waals surface area (Å²) in [6, 6.07) is 6.52. The van der Waals surface area contributed by atoms with Gasteiger partial charge in [-0.1, -0.05) is 38.0 Å². The monoisotopic (exact) mass is 426 g/mol. The third-order valence-corrected chi connectivity index (χ3v) is 4.17. The van der Waals surface area contributed by atoms with Crippen molar-refractivity contribution in [1.82, 2.24) is 0 Å². The Bertz CT molecular complexity index is 832. The fourth-order valence-corrected chi connectivity index (χ4v) is 2.67. The second-order valence-electron chi connectivity index (χ2n) is 6.48. The molecule has 0 spiro atoms. The standard InChI is InChI=1S/C20H18F8O/c1-2-3-4-5-12-6-8-14(15(21)10-12)13-7-9-17(16(22)11-13)29-20(27,28)18(23)19(24,25)26/h6-11,18H,2-5H2,1H3. The molecule has 0 fully saturated rings. The van der Waals surface area contributed by atoms with Gasteiger partial charge in [0, 0.05) is 5.56 Å². The van der Waals surface area contributed by atoms with Crippen LogP contribution in [-0.4, -0.2) is 18.5 Å². The number of rotatable bonds is 8. The first-order valence-electron chi connectivity index (χ1n) is 8.81. The zero-order chi connectivity index (χ0) is 21.8.